The van der Waals surface area contributed by atoms with E-state index in [-0.39, 0.29) is 10.6 Å². The molecule has 0 amide bonds. The number of hydrogen-bond donors (Lipinski definition) is 0. The van der Waals surface area contributed by atoms with E-state index in [1.807, 2.05) is 12.1 Å². The van der Waals surface area contributed by atoms with Gasteiger partial charge in [-0.2, -0.15) is 9.78 Å². The maximum Gasteiger partial charge on any atom is 0.346 e. The van der Waals surface area contributed by atoms with E-state index in [1.165, 1.54) is 18.0 Å². The minimum atomic E-state index is -0.828. The van der Waals surface area contributed by atoms with Crippen molar-refractivity contribution in [3.05, 3.63) is 66.0 Å². The molecule has 2 aromatic carbocycles. The summed E-state index contributed by atoms with van der Waals surface area (Å²) in [5.74, 6) is 0.382. The summed E-state index contributed by atoms with van der Waals surface area (Å²) in [5.41, 5.74) is 1.01. The Labute approximate surface area is 213 Å². The van der Waals surface area contributed by atoms with Crippen LogP contribution in [0, 0.1) is 0 Å². The number of benzene rings is 2. The van der Waals surface area contributed by atoms with E-state index in [4.69, 9.17) is 16.3 Å². The Bertz CT molecular complexity index is 1250. The van der Waals surface area contributed by atoms with Gasteiger partial charge in [-0.05, 0) is 65.2 Å². The lowest BCUT2D eigenvalue weighted by molar-refractivity contribution is -0.147. The van der Waals surface area contributed by atoms with E-state index >= 15 is 0 Å². The van der Waals surface area contributed by atoms with Crippen molar-refractivity contribution in [1.82, 2.24) is 9.66 Å². The van der Waals surface area contributed by atoms with E-state index in [9.17, 15) is 9.59 Å². The summed E-state index contributed by atoms with van der Waals surface area (Å²) >= 11 is 13.2. The van der Waals surface area contributed by atoms with Crippen LogP contribution in [-0.4, -0.2) is 35.1 Å². The maximum atomic E-state index is 13.2. The molecule has 0 aliphatic heterocycles. The van der Waals surface area contributed by atoms with E-state index in [0.717, 1.165) is 17.3 Å². The predicted octanol–water partition coefficient (Wildman–Crippen LogP) is 5.74. The highest BCUT2D eigenvalue weighted by molar-refractivity contribution is 9.10. The van der Waals surface area contributed by atoms with E-state index < -0.39 is 12.1 Å². The molecule has 0 fully saturated rings. The SMILES string of the molecule is CCCCc1nc2ccc(Br)cc2c(=O)n1N=Cc1cc(Cl)c(O[C@H](C)C(=O)OC)c(Br)c1. The number of hydrogen-bond acceptors (Lipinski definition) is 6. The highest BCUT2D eigenvalue weighted by Crippen LogP contribution is 2.35. The fourth-order valence-corrected chi connectivity index (χ4v) is 4.41. The first-order valence-corrected chi connectivity index (χ1v) is 12.2. The average Bonchev–Trinajstić information content (AvgIpc) is 2.79. The number of methoxy groups -OCH3 is 1. The first kappa shape index (κ1) is 25.4. The van der Waals surface area contributed by atoms with Gasteiger partial charge in [-0.15, -0.1) is 0 Å². The lowest BCUT2D eigenvalue weighted by Crippen LogP contribution is -2.25. The molecule has 1 aromatic heterocycles. The zero-order valence-corrected chi connectivity index (χ0v) is 22.2. The molecular weight excluding hydrogens is 578 g/mol. The zero-order valence-electron chi connectivity index (χ0n) is 18.3. The quantitative estimate of drug-likeness (QED) is 0.244. The summed E-state index contributed by atoms with van der Waals surface area (Å²) in [6.07, 6.45) is 3.17. The van der Waals surface area contributed by atoms with Crippen LogP contribution in [0.25, 0.3) is 10.9 Å². The van der Waals surface area contributed by atoms with Crippen molar-refractivity contribution >= 4 is 66.5 Å². The predicted molar refractivity (Wildman–Crippen MR) is 137 cm³/mol. The van der Waals surface area contributed by atoms with Gasteiger partial charge in [0.2, 0.25) is 0 Å². The monoisotopic (exact) mass is 597 g/mol. The number of fused-ring (bicyclic) bond motifs is 1. The number of esters is 1. The lowest BCUT2D eigenvalue weighted by atomic mass is 10.2. The minimum absolute atomic E-state index is 0.249. The van der Waals surface area contributed by atoms with Crippen LogP contribution in [0.3, 0.4) is 0 Å². The highest BCUT2D eigenvalue weighted by atomic mass is 79.9. The molecule has 1 atom stereocenters. The molecule has 1 heterocycles. The van der Waals surface area contributed by atoms with Crippen LogP contribution >= 0.6 is 43.5 Å². The van der Waals surface area contributed by atoms with Crippen molar-refractivity contribution in [1.29, 1.82) is 0 Å². The van der Waals surface area contributed by atoms with Gasteiger partial charge in [-0.3, -0.25) is 4.79 Å². The molecule has 3 aromatic rings. The molecule has 0 spiro atoms. The van der Waals surface area contributed by atoms with Crippen LogP contribution in [0.1, 0.15) is 38.1 Å². The van der Waals surface area contributed by atoms with Crippen molar-refractivity contribution in [3.63, 3.8) is 0 Å². The van der Waals surface area contributed by atoms with Crippen LogP contribution in [0.5, 0.6) is 5.75 Å². The lowest BCUT2D eigenvalue weighted by Gasteiger charge is -2.15. The number of rotatable bonds is 8. The highest BCUT2D eigenvalue weighted by Gasteiger charge is 2.19. The van der Waals surface area contributed by atoms with Gasteiger partial charge in [0.25, 0.3) is 5.56 Å². The molecule has 7 nitrogen and oxygen atoms in total. The van der Waals surface area contributed by atoms with Crippen molar-refractivity contribution in [2.75, 3.05) is 7.11 Å². The standard InChI is InChI=1S/C23H22Br2ClN3O4/c1-4-5-6-20-28-19-8-7-15(24)11-16(19)22(30)29(20)27-12-14-9-17(25)21(18(26)10-14)33-13(2)23(31)32-3/h7-13H,4-6H2,1-3H3/t13-/m1/s1. The smallest absolute Gasteiger partial charge is 0.346 e. The van der Waals surface area contributed by atoms with Crippen LogP contribution < -0.4 is 10.3 Å². The fraction of sp³-hybridized carbons (Fsp3) is 0.304. The summed E-state index contributed by atoms with van der Waals surface area (Å²) in [4.78, 5) is 29.5. The topological polar surface area (TPSA) is 82.8 Å². The van der Waals surface area contributed by atoms with E-state index in [0.29, 0.717) is 38.9 Å². The second-order valence-corrected chi connectivity index (χ2v) is 9.43. The zero-order chi connectivity index (χ0) is 24.1. The third-order valence-corrected chi connectivity index (χ3v) is 6.16. The number of carbonyl (C=O) groups excluding carboxylic acids is 1. The van der Waals surface area contributed by atoms with Gasteiger partial charge in [0, 0.05) is 10.9 Å². The summed E-state index contributed by atoms with van der Waals surface area (Å²) in [6, 6.07) is 8.78. The molecule has 0 N–H and O–H groups in total. The summed E-state index contributed by atoms with van der Waals surface area (Å²) in [5, 5.41) is 5.18. The molecule has 0 saturated heterocycles. The summed E-state index contributed by atoms with van der Waals surface area (Å²) in [7, 11) is 1.29. The Hall–Kier alpha value is -2.23. The second-order valence-electron chi connectivity index (χ2n) is 7.25. The van der Waals surface area contributed by atoms with Gasteiger partial charge < -0.3 is 9.47 Å². The Morgan fingerprint density at radius 3 is 2.73 bits per heavy atom. The molecule has 0 aliphatic carbocycles. The van der Waals surface area contributed by atoms with Gasteiger partial charge >= 0.3 is 5.97 Å². The molecule has 0 bridgehead atoms. The number of carbonyl (C=O) groups is 1. The Morgan fingerprint density at radius 2 is 2.06 bits per heavy atom. The largest absolute Gasteiger partial charge is 0.476 e. The minimum Gasteiger partial charge on any atom is -0.476 e. The molecule has 0 saturated carbocycles. The van der Waals surface area contributed by atoms with Gasteiger partial charge in [0.1, 0.15) is 5.82 Å². The summed E-state index contributed by atoms with van der Waals surface area (Å²) in [6.45, 7) is 3.65. The third kappa shape index (κ3) is 6.02. The van der Waals surface area contributed by atoms with E-state index in [2.05, 4.69) is 53.6 Å². The van der Waals surface area contributed by atoms with Crippen LogP contribution in [0.4, 0.5) is 0 Å². The summed E-state index contributed by atoms with van der Waals surface area (Å²) < 4.78 is 13.0. The number of unbranched alkanes of at least 4 members (excludes halogenated alkanes) is 1. The van der Waals surface area contributed by atoms with Gasteiger partial charge in [-0.1, -0.05) is 40.9 Å². The molecular formula is C23H22Br2ClN3O4. The molecule has 0 radical (unpaired) electrons. The Balaban J connectivity index is 2.00. The molecule has 3 rings (SSSR count). The van der Waals surface area contributed by atoms with Gasteiger partial charge in [0.05, 0.1) is 33.7 Å². The average molecular weight is 600 g/mol. The third-order valence-electron chi connectivity index (χ3n) is 4.80. The van der Waals surface area contributed by atoms with Crippen LogP contribution in [0.15, 0.2) is 49.2 Å². The van der Waals surface area contributed by atoms with Crippen molar-refractivity contribution in [2.24, 2.45) is 5.10 Å². The van der Waals surface area contributed by atoms with Crippen molar-refractivity contribution in [3.8, 4) is 5.75 Å². The van der Waals surface area contributed by atoms with E-state index in [1.54, 1.807) is 25.1 Å². The first-order valence-electron chi connectivity index (χ1n) is 10.2. The second kappa shape index (κ2) is 11.3. The fourth-order valence-electron chi connectivity index (χ4n) is 3.09. The number of halogens is 3. The Kier molecular flexibility index (Phi) is 8.67. The Morgan fingerprint density at radius 1 is 1.30 bits per heavy atom. The normalized spacial score (nSPS) is 12.3. The molecule has 0 aliphatic rings. The van der Waals surface area contributed by atoms with Crippen molar-refractivity contribution < 1.29 is 14.3 Å². The van der Waals surface area contributed by atoms with Crippen LogP contribution in [-0.2, 0) is 16.0 Å². The molecule has 0 unspecified atom stereocenters. The number of aromatic nitrogens is 2. The van der Waals surface area contributed by atoms with Gasteiger partial charge in [0.15, 0.2) is 11.9 Å². The number of aryl methyl sites for hydroxylation is 1. The van der Waals surface area contributed by atoms with Crippen LogP contribution in [0.2, 0.25) is 5.02 Å². The molecule has 10 heteroatoms. The maximum absolute atomic E-state index is 13.2. The first-order chi connectivity index (χ1) is 15.7. The van der Waals surface area contributed by atoms with Crippen molar-refractivity contribution in [2.45, 2.75) is 39.2 Å². The number of ether oxygens (including phenoxy) is 2. The number of nitrogens with zero attached hydrogens (tertiary/aromatic N) is 3. The van der Waals surface area contributed by atoms with Gasteiger partial charge in [-0.25, -0.2) is 9.78 Å². The molecule has 174 valence electrons. The molecule has 33 heavy (non-hydrogen) atoms.